The molecule has 0 bridgehead atoms. The van der Waals surface area contributed by atoms with Crippen LogP contribution in [0.15, 0.2) is 24.3 Å². The normalized spacial score (nSPS) is 11.5. The number of nitrogen functional groups attached to an aromatic ring is 1. The van der Waals surface area contributed by atoms with E-state index in [1.807, 2.05) is 6.92 Å². The van der Waals surface area contributed by atoms with Crippen LogP contribution in [0, 0.1) is 18.2 Å². The Morgan fingerprint density at radius 1 is 1.35 bits per heavy atom. The van der Waals surface area contributed by atoms with Crippen molar-refractivity contribution in [3.63, 3.8) is 0 Å². The molecule has 0 atom stereocenters. The maximum absolute atomic E-state index is 13.8. The van der Waals surface area contributed by atoms with Gasteiger partial charge in [0.2, 0.25) is 5.91 Å². The molecule has 4 nitrogen and oxygen atoms in total. The fourth-order valence-corrected chi connectivity index (χ4v) is 3.00. The number of amides is 1. The van der Waals surface area contributed by atoms with Gasteiger partial charge in [0.1, 0.15) is 5.82 Å². The number of nitrogens with two attached hydrogens (primary N) is 1. The second kappa shape index (κ2) is 10.3. The molecule has 0 aliphatic heterocycles. The van der Waals surface area contributed by atoms with Gasteiger partial charge >= 0.3 is 6.18 Å². The van der Waals surface area contributed by atoms with Crippen molar-refractivity contribution in [1.82, 2.24) is 10.3 Å². The summed E-state index contributed by atoms with van der Waals surface area (Å²) >= 11 is 5.75. The summed E-state index contributed by atoms with van der Waals surface area (Å²) in [6.07, 6.45) is 4.77. The summed E-state index contributed by atoms with van der Waals surface area (Å²) in [6.45, 7) is 1.87. The molecule has 31 heavy (non-hydrogen) atoms. The van der Waals surface area contributed by atoms with Gasteiger partial charge in [-0.2, -0.15) is 13.2 Å². The van der Waals surface area contributed by atoms with E-state index in [9.17, 15) is 22.4 Å². The van der Waals surface area contributed by atoms with Gasteiger partial charge in [-0.15, -0.1) is 6.42 Å². The third kappa shape index (κ3) is 6.46. The van der Waals surface area contributed by atoms with E-state index in [0.717, 1.165) is 24.6 Å². The molecule has 0 aliphatic rings. The highest BCUT2D eigenvalue weighted by molar-refractivity contribution is 6.31. The molecule has 0 saturated heterocycles. The number of hydrogen-bond donors (Lipinski definition) is 2. The fourth-order valence-electron chi connectivity index (χ4n) is 2.74. The molecule has 0 unspecified atom stereocenters. The van der Waals surface area contributed by atoms with Crippen LogP contribution in [-0.2, 0) is 23.9 Å². The molecule has 0 saturated carbocycles. The molecule has 9 heteroatoms. The molecule has 2 rings (SSSR count). The third-order valence-corrected chi connectivity index (χ3v) is 4.64. The quantitative estimate of drug-likeness (QED) is 0.264. The highest BCUT2D eigenvalue weighted by Crippen LogP contribution is 2.34. The van der Waals surface area contributed by atoms with E-state index in [2.05, 4.69) is 16.2 Å². The largest absolute Gasteiger partial charge is 0.434 e. The average molecular weight is 454 g/mol. The number of hydrogen-bond acceptors (Lipinski definition) is 3. The first-order chi connectivity index (χ1) is 14.6. The van der Waals surface area contributed by atoms with Gasteiger partial charge in [0.15, 0.2) is 5.69 Å². The molecular weight excluding hydrogens is 434 g/mol. The lowest BCUT2D eigenvalue weighted by atomic mass is 10.1. The average Bonchev–Trinajstić information content (AvgIpc) is 2.71. The third-order valence-electron chi connectivity index (χ3n) is 4.35. The molecule has 2 aromatic rings. The maximum atomic E-state index is 13.8. The lowest BCUT2D eigenvalue weighted by Crippen LogP contribution is -2.20. The number of terminal acetylenes is 1. The van der Waals surface area contributed by atoms with E-state index in [-0.39, 0.29) is 23.5 Å². The molecule has 0 aliphatic carbocycles. The molecule has 3 N–H and O–H groups in total. The first kappa shape index (κ1) is 24.2. The van der Waals surface area contributed by atoms with Crippen molar-refractivity contribution >= 4 is 29.3 Å². The Labute approximate surface area is 182 Å². The Balaban J connectivity index is 2.18. The highest BCUT2D eigenvalue weighted by Gasteiger charge is 2.35. The number of carbonyl (C=O) groups excluding carboxylic acids is 1. The zero-order chi connectivity index (χ0) is 23.2. The van der Waals surface area contributed by atoms with Crippen LogP contribution in [0.1, 0.15) is 47.8 Å². The van der Waals surface area contributed by atoms with Crippen LogP contribution in [0.5, 0.6) is 0 Å². The number of nitrogens with one attached hydrogen (secondary N) is 1. The standard InChI is InChI=1S/C22H20ClF4N3O/c1-3-5-6-18-15(11-16(23)21(30-18)22(25,26)27)7-8-19(31)29-12-13-9-14(4-2)20(28)17(24)10-13/h2,7-11H,3,5-6,12,28H2,1H3,(H,29,31)/b8-7+. The molecule has 0 spiro atoms. The summed E-state index contributed by atoms with van der Waals surface area (Å²) < 4.78 is 53.0. The number of benzene rings is 1. The Hall–Kier alpha value is -3.05. The van der Waals surface area contributed by atoms with Crippen LogP contribution in [0.25, 0.3) is 6.08 Å². The van der Waals surface area contributed by atoms with E-state index in [4.69, 9.17) is 23.8 Å². The SMILES string of the molecule is C#Cc1cc(CNC(=O)/C=C/c2cc(Cl)c(C(F)(F)F)nc2CCCC)cc(F)c1N. The Morgan fingerprint density at radius 3 is 2.68 bits per heavy atom. The van der Waals surface area contributed by atoms with Crippen LogP contribution < -0.4 is 11.1 Å². The summed E-state index contributed by atoms with van der Waals surface area (Å²) in [7, 11) is 0. The molecule has 164 valence electrons. The topological polar surface area (TPSA) is 68.0 Å². The number of carbonyl (C=O) groups is 1. The maximum Gasteiger partial charge on any atom is 0.434 e. The zero-order valence-electron chi connectivity index (χ0n) is 16.6. The van der Waals surface area contributed by atoms with Gasteiger partial charge in [-0.3, -0.25) is 4.79 Å². The number of aryl methyl sites for hydroxylation is 1. The van der Waals surface area contributed by atoms with E-state index in [1.165, 1.54) is 12.1 Å². The monoisotopic (exact) mass is 453 g/mol. The number of rotatable bonds is 7. The smallest absolute Gasteiger partial charge is 0.395 e. The van der Waals surface area contributed by atoms with Gasteiger partial charge in [0, 0.05) is 18.3 Å². The lowest BCUT2D eigenvalue weighted by Gasteiger charge is -2.12. The minimum Gasteiger partial charge on any atom is -0.395 e. The Bertz CT molecular complexity index is 1040. The number of unbranched alkanes of at least 4 members (excludes halogenated alkanes) is 1. The van der Waals surface area contributed by atoms with Gasteiger partial charge in [-0.05, 0) is 48.2 Å². The van der Waals surface area contributed by atoms with E-state index < -0.39 is 28.6 Å². The zero-order valence-corrected chi connectivity index (χ0v) is 17.4. The van der Waals surface area contributed by atoms with Crippen molar-refractivity contribution in [2.24, 2.45) is 0 Å². The molecular formula is C22H20ClF4N3O. The first-order valence-electron chi connectivity index (χ1n) is 9.33. The number of alkyl halides is 3. The van der Waals surface area contributed by atoms with Crippen LogP contribution in [-0.4, -0.2) is 10.9 Å². The molecule has 1 heterocycles. The van der Waals surface area contributed by atoms with E-state index in [0.29, 0.717) is 24.0 Å². The van der Waals surface area contributed by atoms with E-state index >= 15 is 0 Å². The number of nitrogens with zero attached hydrogens (tertiary/aromatic N) is 1. The van der Waals surface area contributed by atoms with Gasteiger partial charge < -0.3 is 11.1 Å². The van der Waals surface area contributed by atoms with Gasteiger partial charge in [-0.1, -0.05) is 30.9 Å². The highest BCUT2D eigenvalue weighted by atomic mass is 35.5. The van der Waals surface area contributed by atoms with Crippen LogP contribution in [0.2, 0.25) is 5.02 Å². The van der Waals surface area contributed by atoms with Crippen molar-refractivity contribution in [1.29, 1.82) is 0 Å². The Kier molecular flexibility index (Phi) is 8.06. The minimum atomic E-state index is -4.68. The second-order valence-corrected chi connectivity index (χ2v) is 7.10. The predicted octanol–water partition coefficient (Wildman–Crippen LogP) is 5.13. The van der Waals surface area contributed by atoms with E-state index in [1.54, 1.807) is 0 Å². The first-order valence-corrected chi connectivity index (χ1v) is 9.71. The van der Waals surface area contributed by atoms with Crippen molar-refractivity contribution in [3.8, 4) is 12.3 Å². The number of anilines is 1. The van der Waals surface area contributed by atoms with Crippen LogP contribution in [0.3, 0.4) is 0 Å². The fraction of sp³-hybridized carbons (Fsp3) is 0.273. The second-order valence-electron chi connectivity index (χ2n) is 6.69. The lowest BCUT2D eigenvalue weighted by molar-refractivity contribution is -0.141. The van der Waals surface area contributed by atoms with Crippen molar-refractivity contribution in [3.05, 3.63) is 63.2 Å². The molecule has 0 radical (unpaired) electrons. The van der Waals surface area contributed by atoms with Crippen LogP contribution in [0.4, 0.5) is 23.2 Å². The van der Waals surface area contributed by atoms with Gasteiger partial charge in [-0.25, -0.2) is 9.37 Å². The molecule has 1 aromatic carbocycles. The predicted molar refractivity (Wildman–Crippen MR) is 112 cm³/mol. The van der Waals surface area contributed by atoms with Gasteiger partial charge in [0.05, 0.1) is 16.3 Å². The summed E-state index contributed by atoms with van der Waals surface area (Å²) in [5, 5.41) is 2.00. The van der Waals surface area contributed by atoms with Crippen molar-refractivity contribution in [2.45, 2.75) is 38.9 Å². The number of aromatic nitrogens is 1. The number of halogens is 5. The summed E-state index contributed by atoms with van der Waals surface area (Å²) in [6, 6.07) is 3.77. The molecule has 1 aromatic heterocycles. The van der Waals surface area contributed by atoms with Crippen molar-refractivity contribution in [2.75, 3.05) is 5.73 Å². The van der Waals surface area contributed by atoms with Crippen LogP contribution >= 0.6 is 11.6 Å². The Morgan fingerprint density at radius 2 is 2.06 bits per heavy atom. The summed E-state index contributed by atoms with van der Waals surface area (Å²) in [4.78, 5) is 15.8. The van der Waals surface area contributed by atoms with Gasteiger partial charge in [0.25, 0.3) is 0 Å². The summed E-state index contributed by atoms with van der Waals surface area (Å²) in [5.41, 5.74) is 5.31. The molecule has 1 amide bonds. The minimum absolute atomic E-state index is 0.0240. The molecule has 0 fully saturated rings. The van der Waals surface area contributed by atoms with Crippen molar-refractivity contribution < 1.29 is 22.4 Å². The summed E-state index contributed by atoms with van der Waals surface area (Å²) in [5.74, 6) is 1.03. The number of pyridine rings is 1.